The summed E-state index contributed by atoms with van der Waals surface area (Å²) in [5.74, 6) is 1.63. The third-order valence-electron chi connectivity index (χ3n) is 7.36. The Balaban J connectivity index is 1.49. The van der Waals surface area contributed by atoms with Crippen molar-refractivity contribution in [2.45, 2.75) is 25.3 Å². The molecule has 0 amide bonds. The van der Waals surface area contributed by atoms with Crippen LogP contribution in [0.1, 0.15) is 42.0 Å². The van der Waals surface area contributed by atoms with Gasteiger partial charge < -0.3 is 9.47 Å². The Morgan fingerprint density at radius 2 is 1.57 bits per heavy atom. The van der Waals surface area contributed by atoms with E-state index in [0.717, 1.165) is 58.0 Å². The third-order valence-corrected chi connectivity index (χ3v) is 8.36. The predicted molar refractivity (Wildman–Crippen MR) is 162 cm³/mol. The molecule has 4 aromatic rings. The van der Waals surface area contributed by atoms with Gasteiger partial charge in [0.2, 0.25) is 0 Å². The number of ether oxygens (including phenoxy) is 2. The second kappa shape index (κ2) is 11.4. The van der Waals surface area contributed by atoms with Crippen molar-refractivity contribution in [2.75, 3.05) is 14.2 Å². The molecule has 2 aliphatic rings. The van der Waals surface area contributed by atoms with Crippen molar-refractivity contribution in [3.63, 3.8) is 0 Å². The molecule has 0 saturated heterocycles. The molecule has 1 aliphatic carbocycles. The Bertz CT molecular complexity index is 1790. The van der Waals surface area contributed by atoms with Crippen molar-refractivity contribution >= 4 is 29.6 Å². The summed E-state index contributed by atoms with van der Waals surface area (Å²) in [5, 5.41) is 0. The topological polar surface area (TPSA) is 52.8 Å². The average molecular weight is 547 g/mol. The average Bonchev–Trinajstić information content (AvgIpc) is 3.32. The lowest BCUT2D eigenvalue weighted by atomic mass is 9.84. The molecule has 0 bridgehead atoms. The normalized spacial score (nSPS) is 18.0. The SMILES string of the molecule is COc1ccc(/C=C2\CCCC3=C2N=c2sc(=C/C=C\c4ccccc4)c(=O)n2[C@@H]3c2ccc(OC)cc2)cc1. The summed E-state index contributed by atoms with van der Waals surface area (Å²) in [6, 6.07) is 26.0. The molecular weight excluding hydrogens is 516 g/mol. The van der Waals surface area contributed by atoms with E-state index in [2.05, 4.69) is 30.3 Å². The van der Waals surface area contributed by atoms with E-state index in [4.69, 9.17) is 14.5 Å². The molecule has 1 atom stereocenters. The molecule has 3 aromatic carbocycles. The Hall–Kier alpha value is -4.42. The van der Waals surface area contributed by atoms with Crippen LogP contribution in [0, 0.1) is 0 Å². The minimum absolute atomic E-state index is 0.0138. The van der Waals surface area contributed by atoms with Crippen LogP contribution in [0.5, 0.6) is 11.5 Å². The van der Waals surface area contributed by atoms with Gasteiger partial charge in [0.25, 0.3) is 5.56 Å². The Labute approximate surface area is 237 Å². The zero-order valence-corrected chi connectivity index (χ0v) is 23.4. The molecule has 0 radical (unpaired) electrons. The highest BCUT2D eigenvalue weighted by Gasteiger charge is 2.32. The van der Waals surface area contributed by atoms with Crippen LogP contribution in [0.15, 0.2) is 112 Å². The number of rotatable bonds is 6. The van der Waals surface area contributed by atoms with E-state index in [1.54, 1.807) is 14.2 Å². The van der Waals surface area contributed by atoms with Crippen molar-refractivity contribution in [1.29, 1.82) is 0 Å². The Morgan fingerprint density at radius 1 is 0.875 bits per heavy atom. The first-order valence-corrected chi connectivity index (χ1v) is 14.2. The molecule has 5 nitrogen and oxygen atoms in total. The fraction of sp³-hybridized carbons (Fsp3) is 0.176. The van der Waals surface area contributed by atoms with Crippen molar-refractivity contribution in [3.05, 3.63) is 138 Å². The summed E-state index contributed by atoms with van der Waals surface area (Å²) in [5.41, 5.74) is 6.64. The number of benzene rings is 3. The van der Waals surface area contributed by atoms with Gasteiger partial charge in [0.1, 0.15) is 11.5 Å². The highest BCUT2D eigenvalue weighted by atomic mass is 32.1. The van der Waals surface area contributed by atoms with Crippen molar-refractivity contribution in [2.24, 2.45) is 4.99 Å². The standard InChI is InChI=1S/C34H30N2O3S/c1-38-27-18-14-24(15-19-27)22-26-11-7-12-29-31(26)35-34-36(32(29)25-16-20-28(39-2)21-17-25)33(37)30(40-34)13-6-10-23-8-4-3-5-9-23/h3-6,8-10,13-22,32H,7,11-12H2,1-2H3/b10-6-,26-22+,30-13?/t32-/m1/s1. The number of aromatic nitrogens is 1. The summed E-state index contributed by atoms with van der Waals surface area (Å²) in [6.07, 6.45) is 10.9. The molecule has 0 fully saturated rings. The van der Waals surface area contributed by atoms with E-state index >= 15 is 0 Å². The molecule has 0 unspecified atom stereocenters. The highest BCUT2D eigenvalue weighted by Crippen LogP contribution is 2.41. The van der Waals surface area contributed by atoms with E-state index in [9.17, 15) is 4.79 Å². The van der Waals surface area contributed by atoms with Gasteiger partial charge in [-0.15, -0.1) is 0 Å². The number of hydrogen-bond acceptors (Lipinski definition) is 5. The van der Waals surface area contributed by atoms with Crippen LogP contribution in [-0.2, 0) is 0 Å². The van der Waals surface area contributed by atoms with Crippen LogP contribution in [-0.4, -0.2) is 18.8 Å². The van der Waals surface area contributed by atoms with Gasteiger partial charge in [0.15, 0.2) is 4.80 Å². The summed E-state index contributed by atoms with van der Waals surface area (Å²) < 4.78 is 13.3. The van der Waals surface area contributed by atoms with Crippen LogP contribution < -0.4 is 24.4 Å². The second-order valence-corrected chi connectivity index (χ2v) is 10.8. The zero-order chi connectivity index (χ0) is 27.5. The van der Waals surface area contributed by atoms with Crippen LogP contribution in [0.2, 0.25) is 0 Å². The number of allylic oxidation sites excluding steroid dienone is 3. The quantitative estimate of drug-likeness (QED) is 0.291. The molecule has 1 aliphatic heterocycles. The monoisotopic (exact) mass is 546 g/mol. The van der Waals surface area contributed by atoms with Crippen molar-refractivity contribution < 1.29 is 9.47 Å². The molecule has 6 rings (SSSR count). The molecule has 2 heterocycles. The first-order valence-electron chi connectivity index (χ1n) is 13.4. The summed E-state index contributed by atoms with van der Waals surface area (Å²) >= 11 is 1.45. The summed E-state index contributed by atoms with van der Waals surface area (Å²) in [4.78, 5) is 19.7. The maximum absolute atomic E-state index is 13.8. The lowest BCUT2D eigenvalue weighted by Crippen LogP contribution is -2.38. The lowest BCUT2D eigenvalue weighted by Gasteiger charge is -2.31. The molecular formula is C34H30N2O3S. The number of thiazole rings is 1. The summed E-state index contributed by atoms with van der Waals surface area (Å²) in [6.45, 7) is 0. The van der Waals surface area contributed by atoms with E-state index in [1.807, 2.05) is 77.4 Å². The Kier molecular flexibility index (Phi) is 7.34. The maximum Gasteiger partial charge on any atom is 0.271 e. The molecule has 0 N–H and O–H groups in total. The smallest absolute Gasteiger partial charge is 0.271 e. The first kappa shape index (κ1) is 25.8. The number of fused-ring (bicyclic) bond motifs is 1. The minimum atomic E-state index is -0.211. The minimum Gasteiger partial charge on any atom is -0.497 e. The molecule has 0 spiro atoms. The number of nitrogens with zero attached hydrogens (tertiary/aromatic N) is 2. The van der Waals surface area contributed by atoms with Gasteiger partial charge in [0, 0.05) is 0 Å². The van der Waals surface area contributed by atoms with Gasteiger partial charge >= 0.3 is 0 Å². The number of hydrogen-bond donors (Lipinski definition) is 0. The van der Waals surface area contributed by atoms with E-state index in [-0.39, 0.29) is 11.6 Å². The van der Waals surface area contributed by atoms with Gasteiger partial charge in [-0.05, 0) is 83.5 Å². The van der Waals surface area contributed by atoms with E-state index < -0.39 is 0 Å². The fourth-order valence-corrected chi connectivity index (χ4v) is 6.32. The number of methoxy groups -OCH3 is 2. The predicted octanol–water partition coefficient (Wildman–Crippen LogP) is 6.17. The second-order valence-electron chi connectivity index (χ2n) is 9.82. The van der Waals surface area contributed by atoms with Crippen LogP contribution in [0.25, 0.3) is 18.2 Å². The van der Waals surface area contributed by atoms with Gasteiger partial charge in [-0.1, -0.05) is 78.1 Å². The van der Waals surface area contributed by atoms with Gasteiger partial charge in [-0.3, -0.25) is 9.36 Å². The zero-order valence-electron chi connectivity index (χ0n) is 22.5. The molecule has 200 valence electrons. The first-order chi connectivity index (χ1) is 19.6. The van der Waals surface area contributed by atoms with Gasteiger partial charge in [-0.25, -0.2) is 4.99 Å². The van der Waals surface area contributed by atoms with Gasteiger partial charge in [-0.2, -0.15) is 0 Å². The third kappa shape index (κ3) is 5.10. The van der Waals surface area contributed by atoms with Crippen LogP contribution in [0.3, 0.4) is 0 Å². The lowest BCUT2D eigenvalue weighted by molar-refractivity contribution is 0.414. The highest BCUT2D eigenvalue weighted by molar-refractivity contribution is 7.07. The molecule has 6 heteroatoms. The molecule has 0 saturated carbocycles. The van der Waals surface area contributed by atoms with Gasteiger partial charge in [0.05, 0.1) is 30.5 Å². The van der Waals surface area contributed by atoms with Crippen LogP contribution >= 0.6 is 11.3 Å². The van der Waals surface area contributed by atoms with E-state index in [1.165, 1.54) is 22.5 Å². The van der Waals surface area contributed by atoms with Crippen molar-refractivity contribution in [1.82, 2.24) is 4.57 Å². The maximum atomic E-state index is 13.8. The van der Waals surface area contributed by atoms with E-state index in [0.29, 0.717) is 4.53 Å². The largest absolute Gasteiger partial charge is 0.497 e. The molecule has 1 aromatic heterocycles. The van der Waals surface area contributed by atoms with Crippen LogP contribution in [0.4, 0.5) is 0 Å². The fourth-order valence-electron chi connectivity index (χ4n) is 5.37. The summed E-state index contributed by atoms with van der Waals surface area (Å²) in [7, 11) is 3.34. The van der Waals surface area contributed by atoms with Crippen molar-refractivity contribution in [3.8, 4) is 11.5 Å². The molecule has 40 heavy (non-hydrogen) atoms. The Morgan fingerprint density at radius 3 is 2.27 bits per heavy atom.